The highest BCUT2D eigenvalue weighted by molar-refractivity contribution is 5.66. The summed E-state index contributed by atoms with van der Waals surface area (Å²) in [7, 11) is 0. The van der Waals surface area contributed by atoms with Gasteiger partial charge in [0.15, 0.2) is 0 Å². The molecule has 0 fully saturated rings. The Bertz CT molecular complexity index is 573. The molecule has 0 bridgehead atoms. The van der Waals surface area contributed by atoms with Crippen molar-refractivity contribution in [2.24, 2.45) is 11.5 Å². The Balaban J connectivity index is 0.000000918. The molecule has 0 amide bonds. The first kappa shape index (κ1) is 24.0. The molecule has 1 aliphatic rings. The predicted molar refractivity (Wildman–Crippen MR) is 108 cm³/mol. The summed E-state index contributed by atoms with van der Waals surface area (Å²) in [6, 6.07) is 3.96. The van der Waals surface area contributed by atoms with E-state index >= 15 is 0 Å². The van der Waals surface area contributed by atoms with Crippen molar-refractivity contribution < 1.29 is 8.78 Å². The van der Waals surface area contributed by atoms with Crippen LogP contribution in [0.15, 0.2) is 35.7 Å². The Hall–Kier alpha value is -2.04. The van der Waals surface area contributed by atoms with Crippen LogP contribution in [-0.2, 0) is 0 Å². The highest BCUT2D eigenvalue weighted by Crippen LogP contribution is 2.23. The van der Waals surface area contributed by atoms with Crippen LogP contribution < -0.4 is 16.8 Å². The zero-order valence-corrected chi connectivity index (χ0v) is 16.8. The van der Waals surface area contributed by atoms with Crippen LogP contribution in [0, 0.1) is 11.6 Å². The predicted octanol–water partition coefficient (Wildman–Crippen LogP) is 5.43. The molecule has 1 atom stereocenters. The van der Waals surface area contributed by atoms with Gasteiger partial charge in [-0.1, -0.05) is 46.6 Å². The monoisotopic (exact) mass is 367 g/mol. The number of halogens is 2. The second kappa shape index (κ2) is 13.2. The number of nitrogens with two attached hydrogens (primary N) is 2. The first-order chi connectivity index (χ1) is 12.3. The fourth-order valence-electron chi connectivity index (χ4n) is 2.35. The van der Waals surface area contributed by atoms with Crippen LogP contribution in [-0.4, -0.2) is 6.04 Å². The summed E-state index contributed by atoms with van der Waals surface area (Å²) in [6.45, 7) is 10.5. The van der Waals surface area contributed by atoms with E-state index in [9.17, 15) is 8.78 Å². The SMILES string of the molecule is CC1CCCC(/C=C(\N)c2c(F)cccc2F)=C(N)N1.CCC.CCC. The molecule has 0 saturated carbocycles. The summed E-state index contributed by atoms with van der Waals surface area (Å²) in [5.74, 6) is -0.824. The van der Waals surface area contributed by atoms with E-state index in [1.165, 1.54) is 31.0 Å². The molecule has 0 spiro atoms. The Morgan fingerprint density at radius 3 is 2.15 bits per heavy atom. The van der Waals surface area contributed by atoms with Crippen molar-refractivity contribution in [1.82, 2.24) is 5.32 Å². The quantitative estimate of drug-likeness (QED) is 0.653. The second-order valence-electron chi connectivity index (χ2n) is 6.49. The van der Waals surface area contributed by atoms with Gasteiger partial charge in [0.25, 0.3) is 0 Å². The average Bonchev–Trinajstić information content (AvgIpc) is 2.69. The van der Waals surface area contributed by atoms with E-state index < -0.39 is 11.6 Å². The lowest BCUT2D eigenvalue weighted by Crippen LogP contribution is -2.28. The Labute approximate surface area is 157 Å². The number of hydrogen-bond donors (Lipinski definition) is 3. The molecule has 5 heteroatoms. The normalized spacial score (nSPS) is 17.2. The molecule has 5 N–H and O–H groups in total. The molecule has 1 aromatic carbocycles. The maximum Gasteiger partial charge on any atom is 0.135 e. The molecule has 1 aliphatic heterocycles. The van der Waals surface area contributed by atoms with E-state index in [0.717, 1.165) is 24.8 Å². The highest BCUT2D eigenvalue weighted by Gasteiger charge is 2.15. The van der Waals surface area contributed by atoms with Crippen LogP contribution in [0.3, 0.4) is 0 Å². The summed E-state index contributed by atoms with van der Waals surface area (Å²) in [5.41, 5.74) is 12.4. The van der Waals surface area contributed by atoms with Crippen LogP contribution in [0.4, 0.5) is 8.78 Å². The third-order valence-electron chi connectivity index (χ3n) is 3.41. The highest BCUT2D eigenvalue weighted by atomic mass is 19.1. The Kier molecular flexibility index (Phi) is 12.2. The van der Waals surface area contributed by atoms with Crippen molar-refractivity contribution in [2.45, 2.75) is 72.8 Å². The Morgan fingerprint density at radius 1 is 1.15 bits per heavy atom. The summed E-state index contributed by atoms with van der Waals surface area (Å²) in [5, 5.41) is 3.15. The van der Waals surface area contributed by atoms with Crippen LogP contribution in [0.25, 0.3) is 5.70 Å². The van der Waals surface area contributed by atoms with Gasteiger partial charge in [0, 0.05) is 11.7 Å². The molecule has 0 saturated heterocycles. The summed E-state index contributed by atoms with van der Waals surface area (Å²) < 4.78 is 27.3. The van der Waals surface area contributed by atoms with E-state index in [1.54, 1.807) is 6.08 Å². The molecular formula is C21H35F2N3. The van der Waals surface area contributed by atoms with Gasteiger partial charge in [0.2, 0.25) is 0 Å². The topological polar surface area (TPSA) is 64.1 Å². The summed E-state index contributed by atoms with van der Waals surface area (Å²) in [4.78, 5) is 0. The van der Waals surface area contributed by atoms with Gasteiger partial charge < -0.3 is 16.8 Å². The number of hydrogen-bond acceptors (Lipinski definition) is 3. The van der Waals surface area contributed by atoms with Gasteiger partial charge in [-0.05, 0) is 50.0 Å². The number of rotatable bonds is 2. The van der Waals surface area contributed by atoms with Crippen molar-refractivity contribution in [1.29, 1.82) is 0 Å². The van der Waals surface area contributed by atoms with E-state index in [-0.39, 0.29) is 17.3 Å². The summed E-state index contributed by atoms with van der Waals surface area (Å²) in [6.07, 6.45) is 6.74. The lowest BCUT2D eigenvalue weighted by Gasteiger charge is -2.12. The zero-order valence-electron chi connectivity index (χ0n) is 16.8. The second-order valence-corrected chi connectivity index (χ2v) is 6.49. The zero-order chi connectivity index (χ0) is 20.1. The third-order valence-corrected chi connectivity index (χ3v) is 3.41. The van der Waals surface area contributed by atoms with Gasteiger partial charge in [0.1, 0.15) is 11.6 Å². The van der Waals surface area contributed by atoms with Gasteiger partial charge >= 0.3 is 0 Å². The first-order valence-electron chi connectivity index (χ1n) is 9.48. The molecule has 1 heterocycles. The Morgan fingerprint density at radius 2 is 1.65 bits per heavy atom. The van der Waals surface area contributed by atoms with Gasteiger partial charge in [-0.2, -0.15) is 0 Å². The molecule has 148 valence electrons. The van der Waals surface area contributed by atoms with Gasteiger partial charge in [-0.15, -0.1) is 0 Å². The molecule has 0 aromatic heterocycles. The molecule has 2 rings (SSSR count). The molecule has 0 aliphatic carbocycles. The van der Waals surface area contributed by atoms with E-state index in [1.807, 2.05) is 6.92 Å². The summed E-state index contributed by atoms with van der Waals surface area (Å²) >= 11 is 0. The molecule has 1 unspecified atom stereocenters. The average molecular weight is 368 g/mol. The van der Waals surface area contributed by atoms with Gasteiger partial charge in [-0.25, -0.2) is 8.78 Å². The van der Waals surface area contributed by atoms with Gasteiger partial charge in [0.05, 0.1) is 11.4 Å². The number of nitrogens with one attached hydrogen (secondary N) is 1. The molecule has 0 radical (unpaired) electrons. The smallest absolute Gasteiger partial charge is 0.135 e. The lowest BCUT2D eigenvalue weighted by atomic mass is 10.0. The van der Waals surface area contributed by atoms with E-state index in [2.05, 4.69) is 33.0 Å². The lowest BCUT2D eigenvalue weighted by molar-refractivity contribution is 0.564. The minimum Gasteiger partial charge on any atom is -0.398 e. The van der Waals surface area contributed by atoms with Crippen LogP contribution in [0.2, 0.25) is 0 Å². The van der Waals surface area contributed by atoms with Crippen molar-refractivity contribution >= 4 is 5.70 Å². The fraction of sp³-hybridized carbons (Fsp3) is 0.524. The van der Waals surface area contributed by atoms with Crippen molar-refractivity contribution in [3.63, 3.8) is 0 Å². The maximum absolute atomic E-state index is 13.7. The van der Waals surface area contributed by atoms with Crippen LogP contribution >= 0.6 is 0 Å². The van der Waals surface area contributed by atoms with E-state index in [0.29, 0.717) is 5.82 Å². The molecular weight excluding hydrogens is 332 g/mol. The van der Waals surface area contributed by atoms with Crippen molar-refractivity contribution in [2.75, 3.05) is 0 Å². The van der Waals surface area contributed by atoms with Gasteiger partial charge in [-0.3, -0.25) is 0 Å². The molecule has 3 nitrogen and oxygen atoms in total. The van der Waals surface area contributed by atoms with Crippen LogP contribution in [0.5, 0.6) is 0 Å². The van der Waals surface area contributed by atoms with Crippen molar-refractivity contribution in [3.05, 3.63) is 52.9 Å². The standard InChI is InChI=1S/C15H19F2N3.2C3H8/c1-9-4-2-5-10(15(19)20-9)8-13(18)14-11(16)6-3-7-12(14)17;2*1-3-2/h3,6-9,20H,2,4-5,18-19H2,1H3;2*3H2,1-2H3/b13-8-;;. The maximum atomic E-state index is 13.7. The fourth-order valence-corrected chi connectivity index (χ4v) is 2.35. The molecule has 1 aromatic rings. The minimum atomic E-state index is -0.673. The van der Waals surface area contributed by atoms with E-state index in [4.69, 9.17) is 11.5 Å². The van der Waals surface area contributed by atoms with Crippen molar-refractivity contribution in [3.8, 4) is 0 Å². The molecule has 26 heavy (non-hydrogen) atoms. The first-order valence-corrected chi connectivity index (χ1v) is 9.48. The number of benzene rings is 1. The third kappa shape index (κ3) is 8.37. The minimum absolute atomic E-state index is 0.0508. The van der Waals surface area contributed by atoms with Crippen LogP contribution in [0.1, 0.15) is 72.3 Å². The largest absolute Gasteiger partial charge is 0.398 e. The number of allylic oxidation sites excluding steroid dienone is 2.